The van der Waals surface area contributed by atoms with Gasteiger partial charge in [-0.3, -0.25) is 8.97 Å². The molecule has 0 aliphatic heterocycles. The second-order valence-corrected chi connectivity index (χ2v) is 4.65. The summed E-state index contributed by atoms with van der Waals surface area (Å²) in [4.78, 5) is 0. The van der Waals surface area contributed by atoms with Crippen molar-refractivity contribution >= 4 is 0 Å². The van der Waals surface area contributed by atoms with E-state index < -0.39 is 0 Å². The van der Waals surface area contributed by atoms with Crippen molar-refractivity contribution in [3.8, 4) is 0 Å². The van der Waals surface area contributed by atoms with E-state index in [9.17, 15) is 0 Å². The van der Waals surface area contributed by atoms with Crippen LogP contribution < -0.4 is 0 Å². The molecule has 0 aliphatic rings. The lowest BCUT2D eigenvalue weighted by atomic mass is 10.3. The Morgan fingerprint density at radius 2 is 0.846 bits per heavy atom. The van der Waals surface area contributed by atoms with E-state index >= 15 is 0 Å². The van der Waals surface area contributed by atoms with Gasteiger partial charge in [0.25, 0.3) is 0 Å². The molecule has 0 saturated carbocycles. The summed E-state index contributed by atoms with van der Waals surface area (Å²) >= 11 is 0. The van der Waals surface area contributed by atoms with E-state index in [2.05, 4.69) is 41.8 Å². The first-order chi connectivity index (χ1) is 5.95. The molecule has 0 bridgehead atoms. The first-order valence-corrected chi connectivity index (χ1v) is 5.62. The highest BCUT2D eigenvalue weighted by Gasteiger charge is 2.28. The first kappa shape index (κ1) is 12.9. The molecule has 0 atom stereocenters. The van der Waals surface area contributed by atoms with Crippen LogP contribution in [-0.4, -0.2) is 55.9 Å². The zero-order valence-corrected chi connectivity index (χ0v) is 10.4. The van der Waals surface area contributed by atoms with Gasteiger partial charge in [-0.15, -0.1) is 0 Å². The van der Waals surface area contributed by atoms with Crippen LogP contribution >= 0.6 is 0 Å². The molecule has 0 fully saturated rings. The van der Waals surface area contributed by atoms with Gasteiger partial charge in [-0.1, -0.05) is 0 Å². The van der Waals surface area contributed by atoms with Crippen LogP contribution in [0.1, 0.15) is 27.7 Å². The van der Waals surface area contributed by atoms with Crippen LogP contribution in [0.25, 0.3) is 0 Å². The van der Waals surface area contributed by atoms with Gasteiger partial charge in [0.2, 0.25) is 6.67 Å². The van der Waals surface area contributed by atoms with Gasteiger partial charge in [0.15, 0.2) is 0 Å². The lowest BCUT2D eigenvalue weighted by Gasteiger charge is -2.41. The number of nitrogens with zero attached hydrogens (tertiary/aromatic N) is 2. The lowest BCUT2D eigenvalue weighted by molar-refractivity contribution is -1.08. The molecule has 0 amide bonds. The van der Waals surface area contributed by atoms with E-state index in [0.29, 0.717) is 0 Å². The van der Waals surface area contributed by atoms with Gasteiger partial charge in [-0.2, -0.15) is 0 Å². The summed E-state index contributed by atoms with van der Waals surface area (Å²) in [5, 5.41) is 0. The van der Waals surface area contributed by atoms with E-state index in [0.717, 1.165) is 0 Å². The third-order valence-electron chi connectivity index (χ3n) is 3.74. The monoisotopic (exact) mass is 188 g/mol. The Hall–Kier alpha value is -0.0800. The summed E-state index contributed by atoms with van der Waals surface area (Å²) in [6.07, 6.45) is 0. The summed E-state index contributed by atoms with van der Waals surface area (Å²) in [6.45, 7) is 15.4. The van der Waals surface area contributed by atoms with Crippen molar-refractivity contribution in [2.24, 2.45) is 0 Å². The topological polar surface area (TPSA) is 0 Å². The maximum atomic E-state index is 2.36. The lowest BCUT2D eigenvalue weighted by Crippen LogP contribution is -2.59. The van der Waals surface area contributed by atoms with Crippen LogP contribution in [0.2, 0.25) is 0 Å². The fraction of sp³-hybridized carbons (Fsp3) is 1.00. The molecule has 0 spiro atoms. The van der Waals surface area contributed by atoms with Crippen LogP contribution in [0.15, 0.2) is 0 Å². The van der Waals surface area contributed by atoms with E-state index in [1.165, 1.54) is 41.8 Å². The minimum Gasteiger partial charge on any atom is -0.280 e. The van der Waals surface area contributed by atoms with Gasteiger partial charge in [0.1, 0.15) is 0 Å². The van der Waals surface area contributed by atoms with Crippen molar-refractivity contribution in [2.45, 2.75) is 27.7 Å². The maximum absolute atomic E-state index is 2.36. The Morgan fingerprint density at radius 1 is 0.615 bits per heavy atom. The molecule has 2 heteroatoms. The van der Waals surface area contributed by atoms with Crippen LogP contribution in [0.4, 0.5) is 0 Å². The standard InChI is InChI=1S/C11H28N2/c1-7-12(5,8-2)11-13(6,9-3)10-4/h7-11H2,1-6H3/q+2. The van der Waals surface area contributed by atoms with Gasteiger partial charge < -0.3 is 0 Å². The Bertz CT molecular complexity index is 119. The maximum Gasteiger partial charge on any atom is 0.207 e. The smallest absolute Gasteiger partial charge is 0.207 e. The molecule has 0 aromatic heterocycles. The number of quaternary nitrogens is 2. The highest BCUT2D eigenvalue weighted by molar-refractivity contribution is 4.29. The molecule has 13 heavy (non-hydrogen) atoms. The highest BCUT2D eigenvalue weighted by atomic mass is 15.5. The third kappa shape index (κ3) is 3.65. The van der Waals surface area contributed by atoms with E-state index in [1.54, 1.807) is 0 Å². The predicted molar refractivity (Wildman–Crippen MR) is 59.4 cm³/mol. The minimum absolute atomic E-state index is 1.19. The predicted octanol–water partition coefficient (Wildman–Crippen LogP) is 1.92. The van der Waals surface area contributed by atoms with Crippen molar-refractivity contribution < 1.29 is 8.97 Å². The molecule has 0 heterocycles. The van der Waals surface area contributed by atoms with Crippen molar-refractivity contribution in [1.82, 2.24) is 0 Å². The van der Waals surface area contributed by atoms with Crippen molar-refractivity contribution in [3.63, 3.8) is 0 Å². The minimum atomic E-state index is 1.19. The molecule has 0 unspecified atom stereocenters. The van der Waals surface area contributed by atoms with Crippen LogP contribution in [0.3, 0.4) is 0 Å². The average Bonchev–Trinajstić information content (AvgIpc) is 2.17. The largest absolute Gasteiger partial charge is 0.280 e. The second-order valence-electron chi connectivity index (χ2n) is 4.65. The second kappa shape index (κ2) is 4.97. The molecule has 0 saturated heterocycles. The normalized spacial score (nSPS) is 13.4. The van der Waals surface area contributed by atoms with Gasteiger partial charge in [-0.25, -0.2) is 0 Å². The Morgan fingerprint density at radius 3 is 1.00 bits per heavy atom. The molecule has 0 radical (unpaired) electrons. The molecule has 0 N–H and O–H groups in total. The zero-order chi connectivity index (χ0) is 10.5. The average molecular weight is 188 g/mol. The summed E-state index contributed by atoms with van der Waals surface area (Å²) in [5.74, 6) is 0. The molecular formula is C11H28N2+2. The molecule has 0 rings (SSSR count). The highest BCUT2D eigenvalue weighted by Crippen LogP contribution is 2.10. The summed E-state index contributed by atoms with van der Waals surface area (Å²) < 4.78 is 2.39. The van der Waals surface area contributed by atoms with Gasteiger partial charge in [0.05, 0.1) is 40.3 Å². The van der Waals surface area contributed by atoms with Gasteiger partial charge in [0, 0.05) is 0 Å². The van der Waals surface area contributed by atoms with E-state index in [-0.39, 0.29) is 0 Å². The van der Waals surface area contributed by atoms with Gasteiger partial charge >= 0.3 is 0 Å². The van der Waals surface area contributed by atoms with Crippen molar-refractivity contribution in [1.29, 1.82) is 0 Å². The first-order valence-electron chi connectivity index (χ1n) is 5.62. The molecule has 0 aromatic carbocycles. The number of hydrogen-bond donors (Lipinski definition) is 0. The fourth-order valence-corrected chi connectivity index (χ4v) is 1.67. The number of hydrogen-bond acceptors (Lipinski definition) is 0. The van der Waals surface area contributed by atoms with Crippen LogP contribution in [-0.2, 0) is 0 Å². The van der Waals surface area contributed by atoms with Crippen molar-refractivity contribution in [2.75, 3.05) is 46.9 Å². The molecular weight excluding hydrogens is 160 g/mol. The molecule has 80 valence electrons. The van der Waals surface area contributed by atoms with Crippen LogP contribution in [0.5, 0.6) is 0 Å². The quantitative estimate of drug-likeness (QED) is 0.441. The zero-order valence-electron chi connectivity index (χ0n) is 10.4. The number of rotatable bonds is 6. The van der Waals surface area contributed by atoms with Gasteiger partial charge in [-0.05, 0) is 27.7 Å². The van der Waals surface area contributed by atoms with E-state index in [4.69, 9.17) is 0 Å². The van der Waals surface area contributed by atoms with Crippen LogP contribution in [0, 0.1) is 0 Å². The Balaban J connectivity index is 4.36. The summed E-state index contributed by atoms with van der Waals surface area (Å²) in [7, 11) is 4.73. The summed E-state index contributed by atoms with van der Waals surface area (Å²) in [5.41, 5.74) is 0. The Labute approximate surface area is 84.3 Å². The molecule has 2 nitrogen and oxygen atoms in total. The summed E-state index contributed by atoms with van der Waals surface area (Å²) in [6, 6.07) is 0. The Kier molecular flexibility index (Phi) is 4.93. The molecule has 0 aromatic rings. The SMILES string of the molecule is CC[N+](C)(CC)C[N+](C)(CC)CC. The van der Waals surface area contributed by atoms with Crippen molar-refractivity contribution in [3.05, 3.63) is 0 Å². The third-order valence-corrected chi connectivity index (χ3v) is 3.74. The van der Waals surface area contributed by atoms with E-state index in [1.807, 2.05) is 0 Å². The fourth-order valence-electron chi connectivity index (χ4n) is 1.67. The molecule has 0 aliphatic carbocycles.